The van der Waals surface area contributed by atoms with E-state index < -0.39 is 0 Å². The smallest absolute Gasteiger partial charge is 0.0560 e. The van der Waals surface area contributed by atoms with E-state index in [1.807, 2.05) is 19.9 Å². The third kappa shape index (κ3) is 2.65. The van der Waals surface area contributed by atoms with Crippen molar-refractivity contribution >= 4 is 54.3 Å². The maximum Gasteiger partial charge on any atom is 0.0560 e. The number of benzene rings is 2. The van der Waals surface area contributed by atoms with Gasteiger partial charge < -0.3 is 9.55 Å². The fraction of sp³-hybridized carbons (Fsp3) is 0.0909. The topological polar surface area (TPSA) is 20.7 Å². The number of aromatic nitrogens is 2. The molecule has 2 nitrogen and oxygen atoms in total. The highest BCUT2D eigenvalue weighted by Gasteiger charge is 2.11. The first-order valence-corrected chi connectivity index (χ1v) is 9.19. The molecule has 25 heavy (non-hydrogen) atoms. The Bertz CT molecular complexity index is 1170. The Hall–Kier alpha value is -2.52. The van der Waals surface area contributed by atoms with Gasteiger partial charge >= 0.3 is 0 Å². The van der Waals surface area contributed by atoms with E-state index in [4.69, 9.17) is 0 Å². The van der Waals surface area contributed by atoms with Crippen LogP contribution in [0.1, 0.15) is 13.8 Å². The highest BCUT2D eigenvalue weighted by Crippen LogP contribution is 2.34. The molecule has 4 rings (SSSR count). The molecule has 2 heterocycles. The van der Waals surface area contributed by atoms with Gasteiger partial charge in [0.1, 0.15) is 0 Å². The van der Waals surface area contributed by atoms with Gasteiger partial charge in [-0.05, 0) is 56.3 Å². The minimum Gasteiger partial charge on any atom is -0.354 e. The monoisotopic (exact) mass is 390 g/mol. The van der Waals surface area contributed by atoms with Crippen LogP contribution in [0.2, 0.25) is 0 Å². The van der Waals surface area contributed by atoms with Gasteiger partial charge in [0, 0.05) is 38.0 Å². The van der Waals surface area contributed by atoms with Gasteiger partial charge in [-0.1, -0.05) is 40.2 Å². The van der Waals surface area contributed by atoms with Gasteiger partial charge in [0.05, 0.1) is 11.0 Å². The number of allylic oxidation sites excluding steroid dienone is 6. The lowest BCUT2D eigenvalue weighted by Gasteiger charge is -2.06. The van der Waals surface area contributed by atoms with E-state index >= 15 is 0 Å². The summed E-state index contributed by atoms with van der Waals surface area (Å²) in [6.45, 7) is 4.08. The van der Waals surface area contributed by atoms with E-state index in [2.05, 4.69) is 92.4 Å². The molecule has 0 aliphatic carbocycles. The van der Waals surface area contributed by atoms with E-state index in [0.717, 1.165) is 15.7 Å². The highest BCUT2D eigenvalue weighted by atomic mass is 79.9. The lowest BCUT2D eigenvalue weighted by Crippen LogP contribution is -1.92. The standard InChI is InChI=1S/C22H19BrN2/c1-3-5-7-16(6-4-2)25-13-12-18-21(25)11-9-17-19-14-15(23)8-10-20(19)24-22(17)18/h3-14,24H,1-2H3/b5-3-,6-4-,16-7+. The molecule has 3 heteroatoms. The highest BCUT2D eigenvalue weighted by molar-refractivity contribution is 9.10. The third-order valence-electron chi connectivity index (χ3n) is 4.48. The van der Waals surface area contributed by atoms with Gasteiger partial charge in [-0.25, -0.2) is 0 Å². The van der Waals surface area contributed by atoms with Crippen LogP contribution in [0.25, 0.3) is 38.4 Å². The van der Waals surface area contributed by atoms with Gasteiger partial charge in [-0.15, -0.1) is 0 Å². The lowest BCUT2D eigenvalue weighted by molar-refractivity contribution is 1.18. The minimum absolute atomic E-state index is 1.10. The largest absolute Gasteiger partial charge is 0.354 e. The van der Waals surface area contributed by atoms with Crippen LogP contribution in [-0.4, -0.2) is 9.55 Å². The fourth-order valence-electron chi connectivity index (χ4n) is 3.37. The van der Waals surface area contributed by atoms with Crippen LogP contribution in [-0.2, 0) is 0 Å². The first kappa shape index (κ1) is 16.0. The minimum atomic E-state index is 1.10. The second-order valence-corrected chi connectivity index (χ2v) is 6.95. The molecule has 4 aromatic rings. The van der Waals surface area contributed by atoms with Crippen LogP contribution >= 0.6 is 15.9 Å². The molecule has 0 amide bonds. The van der Waals surface area contributed by atoms with Crippen molar-refractivity contribution in [2.45, 2.75) is 13.8 Å². The summed E-state index contributed by atoms with van der Waals surface area (Å²) in [4.78, 5) is 3.59. The Morgan fingerprint density at radius 1 is 1.00 bits per heavy atom. The average Bonchev–Trinajstić information content (AvgIpc) is 3.19. The summed E-state index contributed by atoms with van der Waals surface area (Å²) in [5, 5.41) is 3.74. The first-order chi connectivity index (χ1) is 12.2. The van der Waals surface area contributed by atoms with Crippen molar-refractivity contribution in [1.82, 2.24) is 9.55 Å². The van der Waals surface area contributed by atoms with Gasteiger partial charge in [0.2, 0.25) is 0 Å². The molecule has 0 aliphatic rings. The number of hydrogen-bond donors (Lipinski definition) is 1. The number of halogens is 1. The van der Waals surface area contributed by atoms with Gasteiger partial charge in [-0.3, -0.25) is 0 Å². The van der Waals surface area contributed by atoms with E-state index in [1.165, 1.54) is 27.2 Å². The van der Waals surface area contributed by atoms with Gasteiger partial charge in [0.25, 0.3) is 0 Å². The van der Waals surface area contributed by atoms with Crippen molar-refractivity contribution in [3.63, 3.8) is 0 Å². The number of nitrogens with zero attached hydrogens (tertiary/aromatic N) is 1. The summed E-state index contributed by atoms with van der Waals surface area (Å²) in [5.74, 6) is 0. The Labute approximate surface area is 155 Å². The van der Waals surface area contributed by atoms with E-state index in [-0.39, 0.29) is 0 Å². The summed E-state index contributed by atoms with van der Waals surface area (Å²) < 4.78 is 3.33. The van der Waals surface area contributed by atoms with E-state index in [0.29, 0.717) is 0 Å². The lowest BCUT2D eigenvalue weighted by atomic mass is 10.1. The van der Waals surface area contributed by atoms with Crippen LogP contribution < -0.4 is 0 Å². The molecule has 0 fully saturated rings. The Balaban J connectivity index is 2.01. The molecule has 0 atom stereocenters. The molecule has 0 saturated heterocycles. The number of rotatable bonds is 3. The number of nitrogens with one attached hydrogen (secondary N) is 1. The van der Waals surface area contributed by atoms with Crippen LogP contribution in [0, 0.1) is 0 Å². The zero-order valence-electron chi connectivity index (χ0n) is 14.3. The number of aromatic amines is 1. The van der Waals surface area contributed by atoms with Crippen molar-refractivity contribution in [1.29, 1.82) is 0 Å². The molecule has 0 bridgehead atoms. The van der Waals surface area contributed by atoms with Crippen molar-refractivity contribution in [2.24, 2.45) is 0 Å². The van der Waals surface area contributed by atoms with E-state index in [9.17, 15) is 0 Å². The number of H-pyrrole nitrogens is 1. The van der Waals surface area contributed by atoms with Crippen molar-refractivity contribution in [3.05, 3.63) is 77.4 Å². The molecule has 0 spiro atoms. The first-order valence-electron chi connectivity index (χ1n) is 8.40. The van der Waals surface area contributed by atoms with Crippen molar-refractivity contribution in [3.8, 4) is 0 Å². The average molecular weight is 391 g/mol. The fourth-order valence-corrected chi connectivity index (χ4v) is 3.73. The maximum atomic E-state index is 3.59. The van der Waals surface area contributed by atoms with Crippen LogP contribution in [0.3, 0.4) is 0 Å². The predicted octanol–water partition coefficient (Wildman–Crippen LogP) is 7.03. The maximum absolute atomic E-state index is 3.59. The predicted molar refractivity (Wildman–Crippen MR) is 113 cm³/mol. The molecular weight excluding hydrogens is 372 g/mol. The van der Waals surface area contributed by atoms with Gasteiger partial charge in [-0.2, -0.15) is 0 Å². The molecule has 0 unspecified atom stereocenters. The van der Waals surface area contributed by atoms with Crippen LogP contribution in [0.15, 0.2) is 77.4 Å². The SMILES string of the molecule is C\C=C/C=C(\C=C/C)n1ccc2c3[nH]c4ccc(Br)cc4c3ccc21. The summed E-state index contributed by atoms with van der Waals surface area (Å²) in [5.41, 5.74) is 4.70. The van der Waals surface area contributed by atoms with E-state index in [1.54, 1.807) is 0 Å². The van der Waals surface area contributed by atoms with Crippen molar-refractivity contribution < 1.29 is 0 Å². The molecule has 124 valence electrons. The third-order valence-corrected chi connectivity index (χ3v) is 4.97. The zero-order chi connectivity index (χ0) is 17.4. The molecule has 1 N–H and O–H groups in total. The second kappa shape index (κ2) is 6.41. The molecule has 0 radical (unpaired) electrons. The summed E-state index contributed by atoms with van der Waals surface area (Å²) in [6, 6.07) is 13.0. The Kier molecular flexibility index (Phi) is 4.10. The van der Waals surface area contributed by atoms with Crippen LogP contribution in [0.5, 0.6) is 0 Å². The molecular formula is C22H19BrN2. The molecule has 2 aromatic heterocycles. The molecule has 0 aliphatic heterocycles. The molecule has 2 aromatic carbocycles. The molecule has 0 saturated carbocycles. The van der Waals surface area contributed by atoms with Gasteiger partial charge in [0.15, 0.2) is 0 Å². The Morgan fingerprint density at radius 2 is 1.88 bits per heavy atom. The normalized spacial score (nSPS) is 13.3. The second-order valence-electron chi connectivity index (χ2n) is 6.04. The van der Waals surface area contributed by atoms with Crippen molar-refractivity contribution in [2.75, 3.05) is 0 Å². The number of fused-ring (bicyclic) bond motifs is 5. The van der Waals surface area contributed by atoms with Crippen LogP contribution in [0.4, 0.5) is 0 Å². The summed E-state index contributed by atoms with van der Waals surface area (Å²) in [7, 11) is 0. The summed E-state index contributed by atoms with van der Waals surface area (Å²) >= 11 is 3.58. The zero-order valence-corrected chi connectivity index (χ0v) is 15.8. The number of hydrogen-bond acceptors (Lipinski definition) is 0. The summed E-state index contributed by atoms with van der Waals surface area (Å²) in [6.07, 6.45) is 12.6. The Morgan fingerprint density at radius 3 is 2.68 bits per heavy atom. The quantitative estimate of drug-likeness (QED) is 0.362.